The van der Waals surface area contributed by atoms with Crippen molar-refractivity contribution in [1.29, 1.82) is 0 Å². The lowest BCUT2D eigenvalue weighted by atomic mass is 10.1. The van der Waals surface area contributed by atoms with E-state index in [4.69, 9.17) is 4.74 Å². The normalized spacial score (nSPS) is 15.8. The lowest BCUT2D eigenvalue weighted by Crippen LogP contribution is -2.44. The van der Waals surface area contributed by atoms with Crippen LogP contribution >= 0.6 is 0 Å². The Morgan fingerprint density at radius 3 is 2.63 bits per heavy atom. The van der Waals surface area contributed by atoms with Gasteiger partial charge in [-0.25, -0.2) is 4.68 Å². The summed E-state index contributed by atoms with van der Waals surface area (Å²) in [6.45, 7) is 5.55. The Kier molecular flexibility index (Phi) is 6.15. The van der Waals surface area contributed by atoms with Gasteiger partial charge < -0.3 is 10.1 Å². The second-order valence-corrected chi connectivity index (χ2v) is 7.18. The minimum Gasteiger partial charge on any atom is -0.379 e. The van der Waals surface area contributed by atoms with E-state index in [-0.39, 0.29) is 23.2 Å². The minimum atomic E-state index is -0.296. The Labute approximate surface area is 174 Å². The van der Waals surface area contributed by atoms with Crippen molar-refractivity contribution in [2.45, 2.75) is 19.5 Å². The van der Waals surface area contributed by atoms with Gasteiger partial charge in [0.15, 0.2) is 5.69 Å². The summed E-state index contributed by atoms with van der Waals surface area (Å²) >= 11 is 0. The van der Waals surface area contributed by atoms with Gasteiger partial charge in [0.1, 0.15) is 0 Å². The number of amides is 1. The third-order valence-corrected chi connectivity index (χ3v) is 5.39. The summed E-state index contributed by atoms with van der Waals surface area (Å²) in [5, 5.41) is 8.42. The van der Waals surface area contributed by atoms with E-state index < -0.39 is 0 Å². The summed E-state index contributed by atoms with van der Waals surface area (Å²) in [6.07, 6.45) is 3.57. The van der Waals surface area contributed by atoms with Crippen LogP contribution in [0.3, 0.4) is 0 Å². The molecule has 156 valence electrons. The number of aryl methyl sites for hydroxylation is 1. The van der Waals surface area contributed by atoms with E-state index >= 15 is 0 Å². The van der Waals surface area contributed by atoms with Crippen molar-refractivity contribution in [3.63, 3.8) is 0 Å². The fraction of sp³-hybridized carbons (Fsp3) is 0.364. The van der Waals surface area contributed by atoms with Gasteiger partial charge >= 0.3 is 0 Å². The molecular weight excluding hydrogens is 382 g/mol. The lowest BCUT2D eigenvalue weighted by molar-refractivity contribution is 0.0161. The number of benzene rings is 1. The van der Waals surface area contributed by atoms with Gasteiger partial charge in [0.25, 0.3) is 11.5 Å². The van der Waals surface area contributed by atoms with Crippen LogP contribution in [0.5, 0.6) is 0 Å². The number of hydrogen-bond acceptors (Lipinski definition) is 6. The molecule has 0 bridgehead atoms. The number of pyridine rings is 1. The number of hydrogen-bond donors (Lipinski definition) is 1. The molecule has 3 aromatic rings. The lowest BCUT2D eigenvalue weighted by Gasteiger charge is -2.34. The zero-order chi connectivity index (χ0) is 20.9. The van der Waals surface area contributed by atoms with Crippen LogP contribution in [0.1, 0.15) is 29.0 Å². The largest absolute Gasteiger partial charge is 0.379 e. The highest BCUT2D eigenvalue weighted by molar-refractivity contribution is 6.04. The van der Waals surface area contributed by atoms with E-state index in [9.17, 15) is 9.59 Å². The molecule has 1 N–H and O–H groups in total. The van der Waals surface area contributed by atoms with Crippen LogP contribution in [0.25, 0.3) is 10.8 Å². The van der Waals surface area contributed by atoms with Crippen LogP contribution in [-0.4, -0.2) is 58.4 Å². The molecule has 4 rings (SSSR count). The predicted molar refractivity (Wildman–Crippen MR) is 113 cm³/mol. The van der Waals surface area contributed by atoms with E-state index in [2.05, 4.69) is 20.3 Å². The standard InChI is InChI=1S/C22H25N5O3/c1-2-27-22(29)18-8-4-3-7-17(18)20(25-27)21(28)24-15-19(16-6-5-9-23-14-16)26-10-12-30-13-11-26/h3-9,14,19H,2,10-13,15H2,1H3,(H,24,28)/t19-/m0/s1. The third-order valence-electron chi connectivity index (χ3n) is 5.39. The Bertz CT molecular complexity index is 1080. The SMILES string of the molecule is CCn1nc(C(=O)NC[C@@H](c2cccnc2)N2CCOCC2)c2ccccc2c1=O. The van der Waals surface area contributed by atoms with Gasteiger partial charge in [0.2, 0.25) is 0 Å². The van der Waals surface area contributed by atoms with Crippen LogP contribution in [0.2, 0.25) is 0 Å². The molecule has 0 aliphatic carbocycles. The number of nitrogens with zero attached hydrogens (tertiary/aromatic N) is 4. The van der Waals surface area contributed by atoms with Crippen LogP contribution in [0.4, 0.5) is 0 Å². The van der Waals surface area contributed by atoms with Gasteiger partial charge in [-0.3, -0.25) is 19.5 Å². The summed E-state index contributed by atoms with van der Waals surface area (Å²) in [6, 6.07) is 11.0. The molecule has 2 aromatic heterocycles. The number of carbonyl (C=O) groups excluding carboxylic acids is 1. The monoisotopic (exact) mass is 407 g/mol. The summed E-state index contributed by atoms with van der Waals surface area (Å²) in [5.41, 5.74) is 1.11. The van der Waals surface area contributed by atoms with Gasteiger partial charge in [-0.2, -0.15) is 5.10 Å². The Hall–Kier alpha value is -3.10. The van der Waals surface area contributed by atoms with Crippen LogP contribution in [0, 0.1) is 0 Å². The molecule has 1 atom stereocenters. The summed E-state index contributed by atoms with van der Waals surface area (Å²) in [5.74, 6) is -0.296. The molecule has 8 nitrogen and oxygen atoms in total. The molecule has 0 radical (unpaired) electrons. The second kappa shape index (κ2) is 9.15. The highest BCUT2D eigenvalue weighted by Crippen LogP contribution is 2.21. The van der Waals surface area contributed by atoms with Crippen molar-refractivity contribution in [2.24, 2.45) is 0 Å². The number of nitrogens with one attached hydrogen (secondary N) is 1. The Morgan fingerprint density at radius 2 is 1.93 bits per heavy atom. The summed E-state index contributed by atoms with van der Waals surface area (Å²) in [7, 11) is 0. The van der Waals surface area contributed by atoms with Gasteiger partial charge in [-0.15, -0.1) is 0 Å². The molecule has 1 amide bonds. The fourth-order valence-electron chi connectivity index (χ4n) is 3.81. The number of fused-ring (bicyclic) bond motifs is 1. The van der Waals surface area contributed by atoms with Gasteiger partial charge in [0, 0.05) is 44.0 Å². The van der Waals surface area contributed by atoms with Gasteiger partial charge in [-0.1, -0.05) is 24.3 Å². The van der Waals surface area contributed by atoms with Crippen LogP contribution < -0.4 is 10.9 Å². The molecule has 1 fully saturated rings. The molecule has 0 unspecified atom stereocenters. The van der Waals surface area contributed by atoms with Crippen molar-refractivity contribution >= 4 is 16.7 Å². The maximum atomic E-state index is 13.1. The molecule has 3 heterocycles. The van der Waals surface area contributed by atoms with E-state index in [1.165, 1.54) is 4.68 Å². The predicted octanol–water partition coefficient (Wildman–Crippen LogP) is 1.61. The molecule has 0 saturated carbocycles. The molecular formula is C22H25N5O3. The molecule has 0 spiro atoms. The Balaban J connectivity index is 1.61. The first kappa shape index (κ1) is 20.2. The zero-order valence-corrected chi connectivity index (χ0v) is 17.0. The molecule has 1 aliphatic heterocycles. The zero-order valence-electron chi connectivity index (χ0n) is 17.0. The maximum Gasteiger partial charge on any atom is 0.274 e. The molecule has 1 aromatic carbocycles. The second-order valence-electron chi connectivity index (χ2n) is 7.18. The molecule has 30 heavy (non-hydrogen) atoms. The number of aromatic nitrogens is 3. The number of rotatable bonds is 6. The quantitative estimate of drug-likeness (QED) is 0.668. The first-order chi connectivity index (χ1) is 14.7. The minimum absolute atomic E-state index is 0.0186. The van der Waals surface area contributed by atoms with Crippen LogP contribution in [0.15, 0.2) is 53.6 Å². The average Bonchev–Trinajstić information content (AvgIpc) is 2.81. The topological polar surface area (TPSA) is 89.3 Å². The molecule has 8 heteroatoms. The summed E-state index contributed by atoms with van der Waals surface area (Å²) in [4.78, 5) is 32.2. The van der Waals surface area contributed by atoms with Crippen LogP contribution in [-0.2, 0) is 11.3 Å². The maximum absolute atomic E-state index is 13.1. The van der Waals surface area contributed by atoms with Crippen molar-refractivity contribution in [1.82, 2.24) is 25.0 Å². The first-order valence-electron chi connectivity index (χ1n) is 10.2. The van der Waals surface area contributed by atoms with Gasteiger partial charge in [0.05, 0.1) is 24.6 Å². The van der Waals surface area contributed by atoms with Crippen molar-refractivity contribution in [3.8, 4) is 0 Å². The first-order valence-corrected chi connectivity index (χ1v) is 10.2. The fourth-order valence-corrected chi connectivity index (χ4v) is 3.81. The van der Waals surface area contributed by atoms with Crippen molar-refractivity contribution in [2.75, 3.05) is 32.8 Å². The van der Waals surface area contributed by atoms with E-state index in [1.807, 2.05) is 31.3 Å². The average molecular weight is 407 g/mol. The molecule has 1 saturated heterocycles. The smallest absolute Gasteiger partial charge is 0.274 e. The molecule has 1 aliphatic rings. The van der Waals surface area contributed by atoms with Gasteiger partial charge in [-0.05, 0) is 24.6 Å². The number of ether oxygens (including phenoxy) is 1. The number of morpholine rings is 1. The number of carbonyl (C=O) groups is 1. The summed E-state index contributed by atoms with van der Waals surface area (Å²) < 4.78 is 6.81. The van der Waals surface area contributed by atoms with Crippen molar-refractivity contribution < 1.29 is 9.53 Å². The van der Waals surface area contributed by atoms with E-state index in [0.717, 1.165) is 18.7 Å². The third kappa shape index (κ3) is 4.10. The highest BCUT2D eigenvalue weighted by atomic mass is 16.5. The van der Waals surface area contributed by atoms with E-state index in [0.29, 0.717) is 37.1 Å². The highest BCUT2D eigenvalue weighted by Gasteiger charge is 2.24. The van der Waals surface area contributed by atoms with E-state index in [1.54, 1.807) is 24.4 Å². The Morgan fingerprint density at radius 1 is 1.17 bits per heavy atom. The van der Waals surface area contributed by atoms with Crippen molar-refractivity contribution in [3.05, 3.63) is 70.4 Å².